The lowest BCUT2D eigenvalue weighted by molar-refractivity contribution is 0.0897. The van der Waals surface area contributed by atoms with Crippen molar-refractivity contribution >= 4 is 0 Å². The molecule has 88 valence electrons. The van der Waals surface area contributed by atoms with Gasteiger partial charge in [0, 0.05) is 30.8 Å². The number of ether oxygens (including phenoxy) is 2. The van der Waals surface area contributed by atoms with Crippen LogP contribution in [0.5, 0.6) is 5.88 Å². The van der Waals surface area contributed by atoms with Crippen LogP contribution in [-0.2, 0) is 11.2 Å². The first kappa shape index (κ1) is 11.3. The van der Waals surface area contributed by atoms with E-state index in [1.54, 1.807) is 7.11 Å². The van der Waals surface area contributed by atoms with Gasteiger partial charge >= 0.3 is 0 Å². The summed E-state index contributed by atoms with van der Waals surface area (Å²) < 4.78 is 10.6. The Hall–Kier alpha value is -1.20. The zero-order valence-electron chi connectivity index (χ0n) is 9.43. The molecule has 1 aliphatic heterocycles. The SMILES string of the molecule is COc1cc(CC(N)C2CCCO2)ncn1. The van der Waals surface area contributed by atoms with Gasteiger partial charge in [-0.2, -0.15) is 0 Å². The summed E-state index contributed by atoms with van der Waals surface area (Å²) in [5.74, 6) is 0.574. The average molecular weight is 223 g/mol. The number of nitrogens with two attached hydrogens (primary N) is 1. The van der Waals surface area contributed by atoms with Gasteiger partial charge in [-0.25, -0.2) is 9.97 Å². The number of methoxy groups -OCH3 is 1. The first-order chi connectivity index (χ1) is 7.79. The molecule has 2 rings (SSSR count). The Morgan fingerprint density at radius 1 is 1.62 bits per heavy atom. The summed E-state index contributed by atoms with van der Waals surface area (Å²) in [5.41, 5.74) is 6.97. The number of rotatable bonds is 4. The van der Waals surface area contributed by atoms with E-state index in [1.807, 2.05) is 6.07 Å². The van der Waals surface area contributed by atoms with Gasteiger partial charge in [-0.05, 0) is 12.8 Å². The van der Waals surface area contributed by atoms with Gasteiger partial charge in [0.05, 0.1) is 13.2 Å². The molecule has 0 aliphatic carbocycles. The van der Waals surface area contributed by atoms with Crippen LogP contribution < -0.4 is 10.5 Å². The third-order valence-electron chi connectivity index (χ3n) is 2.80. The van der Waals surface area contributed by atoms with Crippen molar-refractivity contribution in [1.82, 2.24) is 9.97 Å². The standard InChI is InChI=1S/C11H17N3O2/c1-15-11-6-8(13-7-14-11)5-9(12)10-3-2-4-16-10/h6-7,9-10H,2-5,12H2,1H3. The Labute approximate surface area is 95.0 Å². The van der Waals surface area contributed by atoms with E-state index >= 15 is 0 Å². The molecule has 16 heavy (non-hydrogen) atoms. The summed E-state index contributed by atoms with van der Waals surface area (Å²) in [5, 5.41) is 0. The van der Waals surface area contributed by atoms with Crippen molar-refractivity contribution in [1.29, 1.82) is 0 Å². The van der Waals surface area contributed by atoms with Crippen LogP contribution in [0.4, 0.5) is 0 Å². The zero-order chi connectivity index (χ0) is 11.4. The largest absolute Gasteiger partial charge is 0.481 e. The van der Waals surface area contributed by atoms with Crippen LogP contribution in [0.1, 0.15) is 18.5 Å². The van der Waals surface area contributed by atoms with Gasteiger partial charge in [0.2, 0.25) is 5.88 Å². The van der Waals surface area contributed by atoms with E-state index in [1.165, 1.54) is 6.33 Å². The van der Waals surface area contributed by atoms with Crippen molar-refractivity contribution in [3.8, 4) is 5.88 Å². The highest BCUT2D eigenvalue weighted by Crippen LogP contribution is 2.17. The second kappa shape index (κ2) is 5.23. The summed E-state index contributed by atoms with van der Waals surface area (Å²) in [4.78, 5) is 8.13. The predicted octanol–water partition coefficient (Wildman–Crippen LogP) is 0.534. The van der Waals surface area contributed by atoms with Crippen molar-refractivity contribution in [3.05, 3.63) is 18.1 Å². The molecule has 5 heteroatoms. The van der Waals surface area contributed by atoms with Gasteiger partial charge in [0.1, 0.15) is 6.33 Å². The lowest BCUT2D eigenvalue weighted by Gasteiger charge is -2.17. The number of nitrogens with zero attached hydrogens (tertiary/aromatic N) is 2. The van der Waals surface area contributed by atoms with Crippen molar-refractivity contribution < 1.29 is 9.47 Å². The fourth-order valence-corrected chi connectivity index (χ4v) is 1.91. The van der Waals surface area contributed by atoms with Crippen LogP contribution in [0, 0.1) is 0 Å². The first-order valence-corrected chi connectivity index (χ1v) is 5.51. The Morgan fingerprint density at radius 2 is 2.50 bits per heavy atom. The smallest absolute Gasteiger partial charge is 0.216 e. The predicted molar refractivity (Wildman–Crippen MR) is 59.2 cm³/mol. The normalized spacial score (nSPS) is 22.0. The minimum atomic E-state index is 0.00195. The number of aromatic nitrogens is 2. The molecule has 5 nitrogen and oxygen atoms in total. The van der Waals surface area contributed by atoms with Crippen molar-refractivity contribution in [2.75, 3.05) is 13.7 Å². The van der Waals surface area contributed by atoms with Gasteiger partial charge in [0.15, 0.2) is 0 Å². The van der Waals surface area contributed by atoms with E-state index in [9.17, 15) is 0 Å². The maximum absolute atomic E-state index is 6.08. The summed E-state index contributed by atoms with van der Waals surface area (Å²) in [6.45, 7) is 0.825. The molecule has 0 amide bonds. The molecule has 0 spiro atoms. The lowest BCUT2D eigenvalue weighted by Crippen LogP contribution is -2.36. The molecule has 1 aromatic heterocycles. The molecule has 2 unspecified atom stereocenters. The minimum Gasteiger partial charge on any atom is -0.481 e. The Kier molecular flexibility index (Phi) is 3.69. The quantitative estimate of drug-likeness (QED) is 0.806. The highest BCUT2D eigenvalue weighted by atomic mass is 16.5. The van der Waals surface area contributed by atoms with Crippen LogP contribution in [0.3, 0.4) is 0 Å². The minimum absolute atomic E-state index is 0.00195. The monoisotopic (exact) mass is 223 g/mol. The molecular weight excluding hydrogens is 206 g/mol. The molecule has 1 saturated heterocycles. The molecule has 1 fully saturated rings. The summed E-state index contributed by atoms with van der Waals surface area (Å²) >= 11 is 0. The molecule has 0 radical (unpaired) electrons. The topological polar surface area (TPSA) is 70.3 Å². The Bertz CT molecular complexity index is 340. The molecule has 1 aliphatic rings. The van der Waals surface area contributed by atoms with Gasteiger partial charge in [-0.1, -0.05) is 0 Å². The molecule has 0 saturated carbocycles. The second-order valence-electron chi connectivity index (χ2n) is 3.97. The van der Waals surface area contributed by atoms with E-state index in [0.717, 1.165) is 25.1 Å². The van der Waals surface area contributed by atoms with Gasteiger partial charge in [0.25, 0.3) is 0 Å². The molecule has 1 aromatic rings. The average Bonchev–Trinajstić information content (AvgIpc) is 2.83. The Balaban J connectivity index is 1.96. The van der Waals surface area contributed by atoms with Gasteiger partial charge in [-0.3, -0.25) is 0 Å². The summed E-state index contributed by atoms with van der Waals surface area (Å²) in [6, 6.07) is 1.82. The number of hydrogen-bond donors (Lipinski definition) is 1. The van der Waals surface area contributed by atoms with Crippen molar-refractivity contribution in [2.45, 2.75) is 31.4 Å². The van der Waals surface area contributed by atoms with Crippen LogP contribution in [0.25, 0.3) is 0 Å². The summed E-state index contributed by atoms with van der Waals surface area (Å²) in [7, 11) is 1.59. The molecular formula is C11H17N3O2. The first-order valence-electron chi connectivity index (χ1n) is 5.51. The highest BCUT2D eigenvalue weighted by Gasteiger charge is 2.23. The van der Waals surface area contributed by atoms with Crippen LogP contribution >= 0.6 is 0 Å². The van der Waals surface area contributed by atoms with E-state index in [2.05, 4.69) is 9.97 Å². The second-order valence-corrected chi connectivity index (χ2v) is 3.97. The maximum atomic E-state index is 6.08. The van der Waals surface area contributed by atoms with E-state index in [-0.39, 0.29) is 12.1 Å². The van der Waals surface area contributed by atoms with Crippen LogP contribution in [0.15, 0.2) is 12.4 Å². The molecule has 0 aromatic carbocycles. The fraction of sp³-hybridized carbons (Fsp3) is 0.636. The fourth-order valence-electron chi connectivity index (χ4n) is 1.91. The molecule has 2 heterocycles. The molecule has 0 bridgehead atoms. The zero-order valence-corrected chi connectivity index (χ0v) is 9.43. The third-order valence-corrected chi connectivity index (χ3v) is 2.80. The van der Waals surface area contributed by atoms with Crippen molar-refractivity contribution in [2.24, 2.45) is 5.73 Å². The molecule has 2 atom stereocenters. The summed E-state index contributed by atoms with van der Waals surface area (Å²) in [6.07, 6.45) is 4.51. The highest BCUT2D eigenvalue weighted by molar-refractivity contribution is 5.14. The third kappa shape index (κ3) is 2.68. The van der Waals surface area contributed by atoms with Crippen molar-refractivity contribution in [3.63, 3.8) is 0 Å². The maximum Gasteiger partial charge on any atom is 0.216 e. The van der Waals surface area contributed by atoms with Crippen LogP contribution in [-0.4, -0.2) is 35.8 Å². The van der Waals surface area contributed by atoms with Gasteiger partial charge in [-0.15, -0.1) is 0 Å². The molecule has 2 N–H and O–H groups in total. The number of hydrogen-bond acceptors (Lipinski definition) is 5. The van der Waals surface area contributed by atoms with E-state index < -0.39 is 0 Å². The van der Waals surface area contributed by atoms with Gasteiger partial charge < -0.3 is 15.2 Å². The van der Waals surface area contributed by atoms with E-state index in [4.69, 9.17) is 15.2 Å². The lowest BCUT2D eigenvalue weighted by atomic mass is 10.0. The Morgan fingerprint density at radius 3 is 3.19 bits per heavy atom. The van der Waals surface area contributed by atoms with E-state index in [0.29, 0.717) is 12.3 Å². The van der Waals surface area contributed by atoms with Crippen LogP contribution in [0.2, 0.25) is 0 Å².